The first-order chi connectivity index (χ1) is 6.16. The lowest BCUT2D eigenvalue weighted by atomic mass is 9.84. The second kappa shape index (κ2) is 6.42. The van der Waals surface area contributed by atoms with Crippen LogP contribution >= 0.6 is 0 Å². The molecule has 80 valence electrons. The Morgan fingerprint density at radius 2 is 1.38 bits per heavy atom. The average molecular weight is 185 g/mol. The molecule has 0 rings (SSSR count). The van der Waals surface area contributed by atoms with Gasteiger partial charge in [-0.15, -0.1) is 0 Å². The predicted octanol–water partition coefficient (Wildman–Crippen LogP) is 3.69. The first kappa shape index (κ1) is 13.0. The van der Waals surface area contributed by atoms with Crippen molar-refractivity contribution in [1.29, 1.82) is 0 Å². The molecule has 0 aromatic carbocycles. The second-order valence-corrected chi connectivity index (χ2v) is 4.09. The van der Waals surface area contributed by atoms with Gasteiger partial charge in [0.1, 0.15) is 0 Å². The minimum absolute atomic E-state index is 0.484. The zero-order valence-corrected chi connectivity index (χ0v) is 10.2. The molecular formula is C12H27N. The Kier molecular flexibility index (Phi) is 6.40. The van der Waals surface area contributed by atoms with Crippen molar-refractivity contribution in [3.8, 4) is 0 Å². The van der Waals surface area contributed by atoms with Crippen molar-refractivity contribution in [3.05, 3.63) is 0 Å². The van der Waals surface area contributed by atoms with Crippen molar-refractivity contribution in [2.24, 2.45) is 0 Å². The minimum atomic E-state index is 0.484. The van der Waals surface area contributed by atoms with E-state index in [-0.39, 0.29) is 0 Å². The van der Waals surface area contributed by atoms with E-state index in [4.69, 9.17) is 0 Å². The normalized spacial score (nSPS) is 12.5. The van der Waals surface area contributed by atoms with Gasteiger partial charge in [-0.3, -0.25) is 0 Å². The monoisotopic (exact) mass is 185 g/mol. The van der Waals surface area contributed by atoms with Crippen molar-refractivity contribution in [3.63, 3.8) is 0 Å². The maximum absolute atomic E-state index is 2.54. The van der Waals surface area contributed by atoms with Gasteiger partial charge in [0.25, 0.3) is 0 Å². The topological polar surface area (TPSA) is 3.24 Å². The van der Waals surface area contributed by atoms with Crippen molar-refractivity contribution in [2.75, 3.05) is 13.6 Å². The van der Waals surface area contributed by atoms with E-state index in [9.17, 15) is 0 Å². The molecule has 0 saturated heterocycles. The first-order valence-electron chi connectivity index (χ1n) is 5.88. The highest BCUT2D eigenvalue weighted by Crippen LogP contribution is 2.29. The second-order valence-electron chi connectivity index (χ2n) is 4.09. The Morgan fingerprint density at radius 1 is 0.923 bits per heavy atom. The molecule has 0 heterocycles. The minimum Gasteiger partial charge on any atom is -0.301 e. The van der Waals surface area contributed by atoms with E-state index in [0.717, 1.165) is 0 Å². The Hall–Kier alpha value is -0.0400. The summed E-state index contributed by atoms with van der Waals surface area (Å²) in [5.41, 5.74) is 0.484. The van der Waals surface area contributed by atoms with Crippen LogP contribution in [-0.2, 0) is 0 Å². The standard InChI is InChI=1S/C12H27N/c1-6-10-12(8-3,11-7-2)13(5)9-4/h6-11H2,1-5H3. The van der Waals surface area contributed by atoms with Crippen molar-refractivity contribution < 1.29 is 0 Å². The molecule has 0 aromatic heterocycles. The fourth-order valence-corrected chi connectivity index (χ4v) is 2.40. The number of hydrogen-bond acceptors (Lipinski definition) is 1. The lowest BCUT2D eigenvalue weighted by Crippen LogP contribution is -2.45. The smallest absolute Gasteiger partial charge is 0.0203 e. The molecule has 0 spiro atoms. The number of rotatable bonds is 7. The van der Waals surface area contributed by atoms with Gasteiger partial charge in [-0.05, 0) is 32.9 Å². The molecule has 0 unspecified atom stereocenters. The zero-order valence-electron chi connectivity index (χ0n) is 10.2. The summed E-state index contributed by atoms with van der Waals surface area (Å²) in [5, 5.41) is 0. The summed E-state index contributed by atoms with van der Waals surface area (Å²) < 4.78 is 0. The van der Waals surface area contributed by atoms with Crippen LogP contribution in [0, 0.1) is 0 Å². The predicted molar refractivity (Wildman–Crippen MR) is 61.1 cm³/mol. The highest BCUT2D eigenvalue weighted by atomic mass is 15.2. The van der Waals surface area contributed by atoms with Gasteiger partial charge in [0.05, 0.1) is 0 Å². The lowest BCUT2D eigenvalue weighted by molar-refractivity contribution is 0.0964. The molecule has 0 aliphatic heterocycles. The third-order valence-electron chi connectivity index (χ3n) is 3.37. The summed E-state index contributed by atoms with van der Waals surface area (Å²) in [6, 6.07) is 0. The Balaban J connectivity index is 4.42. The average Bonchev–Trinajstić information content (AvgIpc) is 2.16. The van der Waals surface area contributed by atoms with Gasteiger partial charge in [0.2, 0.25) is 0 Å². The van der Waals surface area contributed by atoms with E-state index in [0.29, 0.717) is 5.54 Å². The largest absolute Gasteiger partial charge is 0.301 e. The molecule has 0 N–H and O–H groups in total. The molecule has 0 aliphatic carbocycles. The van der Waals surface area contributed by atoms with Crippen LogP contribution in [0.1, 0.15) is 59.8 Å². The molecule has 0 amide bonds. The van der Waals surface area contributed by atoms with Gasteiger partial charge in [0, 0.05) is 5.54 Å². The molecule has 0 aliphatic rings. The quantitative estimate of drug-likeness (QED) is 0.585. The van der Waals surface area contributed by atoms with Crippen LogP contribution in [0.2, 0.25) is 0 Å². The summed E-state index contributed by atoms with van der Waals surface area (Å²) in [6.07, 6.45) is 6.60. The van der Waals surface area contributed by atoms with Gasteiger partial charge < -0.3 is 4.90 Å². The molecule has 0 atom stereocenters. The maximum Gasteiger partial charge on any atom is 0.0203 e. The third kappa shape index (κ3) is 3.30. The van der Waals surface area contributed by atoms with Crippen LogP contribution < -0.4 is 0 Å². The van der Waals surface area contributed by atoms with Crippen molar-refractivity contribution in [2.45, 2.75) is 65.3 Å². The van der Waals surface area contributed by atoms with E-state index >= 15 is 0 Å². The summed E-state index contributed by atoms with van der Waals surface area (Å²) in [7, 11) is 2.27. The highest BCUT2D eigenvalue weighted by molar-refractivity contribution is 4.86. The van der Waals surface area contributed by atoms with Crippen LogP contribution in [0.4, 0.5) is 0 Å². The fraction of sp³-hybridized carbons (Fsp3) is 1.00. The van der Waals surface area contributed by atoms with E-state index in [1.807, 2.05) is 0 Å². The van der Waals surface area contributed by atoms with Crippen LogP contribution in [0.15, 0.2) is 0 Å². The van der Waals surface area contributed by atoms with Crippen LogP contribution in [0.3, 0.4) is 0 Å². The Labute approximate surface area is 84.5 Å². The van der Waals surface area contributed by atoms with E-state index in [1.165, 1.54) is 38.6 Å². The summed E-state index contributed by atoms with van der Waals surface area (Å²) >= 11 is 0. The van der Waals surface area contributed by atoms with Crippen molar-refractivity contribution >= 4 is 0 Å². The van der Waals surface area contributed by atoms with Crippen molar-refractivity contribution in [1.82, 2.24) is 4.90 Å². The summed E-state index contributed by atoms with van der Waals surface area (Å²) in [6.45, 7) is 10.4. The number of nitrogens with zero attached hydrogens (tertiary/aromatic N) is 1. The first-order valence-corrected chi connectivity index (χ1v) is 5.88. The fourth-order valence-electron chi connectivity index (χ4n) is 2.40. The van der Waals surface area contributed by atoms with Gasteiger partial charge in [0.15, 0.2) is 0 Å². The van der Waals surface area contributed by atoms with Crippen LogP contribution in [0.5, 0.6) is 0 Å². The van der Waals surface area contributed by atoms with E-state index < -0.39 is 0 Å². The van der Waals surface area contributed by atoms with Crippen LogP contribution in [0.25, 0.3) is 0 Å². The Bertz CT molecular complexity index is 114. The van der Waals surface area contributed by atoms with Gasteiger partial charge in [-0.25, -0.2) is 0 Å². The van der Waals surface area contributed by atoms with E-state index in [2.05, 4.69) is 39.6 Å². The summed E-state index contributed by atoms with van der Waals surface area (Å²) in [5.74, 6) is 0. The Morgan fingerprint density at radius 3 is 1.62 bits per heavy atom. The van der Waals surface area contributed by atoms with Gasteiger partial charge in [-0.2, -0.15) is 0 Å². The highest BCUT2D eigenvalue weighted by Gasteiger charge is 2.29. The molecule has 0 fully saturated rings. The number of hydrogen-bond donors (Lipinski definition) is 0. The molecule has 0 bridgehead atoms. The van der Waals surface area contributed by atoms with Gasteiger partial charge in [-0.1, -0.05) is 40.5 Å². The molecule has 13 heavy (non-hydrogen) atoms. The molecule has 0 aromatic rings. The SMILES string of the molecule is CCCC(CC)(CCC)N(C)CC. The lowest BCUT2D eigenvalue weighted by Gasteiger charge is -2.41. The molecule has 0 saturated carbocycles. The molecule has 0 radical (unpaired) electrons. The zero-order chi connectivity index (χ0) is 10.3. The third-order valence-corrected chi connectivity index (χ3v) is 3.37. The molecular weight excluding hydrogens is 158 g/mol. The van der Waals surface area contributed by atoms with E-state index in [1.54, 1.807) is 0 Å². The summed E-state index contributed by atoms with van der Waals surface area (Å²) in [4.78, 5) is 2.54. The van der Waals surface area contributed by atoms with Gasteiger partial charge >= 0.3 is 0 Å². The molecule has 1 nitrogen and oxygen atoms in total. The van der Waals surface area contributed by atoms with Crippen LogP contribution in [-0.4, -0.2) is 24.0 Å². The molecule has 1 heteroatoms. The maximum atomic E-state index is 2.54.